The Morgan fingerprint density at radius 2 is 2.37 bits per heavy atom. The number of ether oxygens (including phenoxy) is 1. The SMILES string of the molecule is COCCNC(=O)C(C)Nc1ncccc1[N+](=O)[O-]. The highest BCUT2D eigenvalue weighted by molar-refractivity contribution is 5.84. The Labute approximate surface area is 110 Å². The summed E-state index contributed by atoms with van der Waals surface area (Å²) in [6, 6.07) is 2.16. The monoisotopic (exact) mass is 268 g/mol. The fraction of sp³-hybridized carbons (Fsp3) is 0.455. The molecule has 1 rings (SSSR count). The van der Waals surface area contributed by atoms with Gasteiger partial charge in [-0.25, -0.2) is 4.98 Å². The van der Waals surface area contributed by atoms with Gasteiger partial charge in [-0.1, -0.05) is 0 Å². The van der Waals surface area contributed by atoms with E-state index in [9.17, 15) is 14.9 Å². The zero-order chi connectivity index (χ0) is 14.3. The maximum atomic E-state index is 11.7. The van der Waals surface area contributed by atoms with Gasteiger partial charge in [0, 0.05) is 25.9 Å². The molecule has 1 aromatic rings. The van der Waals surface area contributed by atoms with Crippen LogP contribution in [0.25, 0.3) is 0 Å². The molecular weight excluding hydrogens is 252 g/mol. The summed E-state index contributed by atoms with van der Waals surface area (Å²) in [7, 11) is 1.53. The van der Waals surface area contributed by atoms with Gasteiger partial charge in [-0.3, -0.25) is 14.9 Å². The smallest absolute Gasteiger partial charge is 0.311 e. The summed E-state index contributed by atoms with van der Waals surface area (Å²) in [5, 5.41) is 16.1. The van der Waals surface area contributed by atoms with Crippen molar-refractivity contribution in [2.24, 2.45) is 0 Å². The molecule has 1 amide bonds. The van der Waals surface area contributed by atoms with Crippen LogP contribution >= 0.6 is 0 Å². The molecule has 8 nitrogen and oxygen atoms in total. The minimum absolute atomic E-state index is 0.0712. The number of hydrogen-bond donors (Lipinski definition) is 2. The molecule has 1 heterocycles. The van der Waals surface area contributed by atoms with Crippen molar-refractivity contribution in [2.45, 2.75) is 13.0 Å². The Morgan fingerprint density at radius 1 is 1.63 bits per heavy atom. The van der Waals surface area contributed by atoms with Crippen molar-refractivity contribution in [1.29, 1.82) is 0 Å². The first-order valence-corrected chi connectivity index (χ1v) is 5.69. The molecule has 8 heteroatoms. The van der Waals surface area contributed by atoms with Gasteiger partial charge < -0.3 is 15.4 Å². The normalized spacial score (nSPS) is 11.7. The first kappa shape index (κ1) is 14.8. The van der Waals surface area contributed by atoms with E-state index < -0.39 is 11.0 Å². The molecule has 19 heavy (non-hydrogen) atoms. The van der Waals surface area contributed by atoms with Crippen LogP contribution in [0, 0.1) is 10.1 Å². The zero-order valence-electron chi connectivity index (χ0n) is 10.8. The van der Waals surface area contributed by atoms with E-state index in [1.54, 1.807) is 6.92 Å². The Balaban J connectivity index is 2.63. The maximum Gasteiger partial charge on any atom is 0.311 e. The Kier molecular flexibility index (Phi) is 5.68. The summed E-state index contributed by atoms with van der Waals surface area (Å²) >= 11 is 0. The number of methoxy groups -OCH3 is 1. The lowest BCUT2D eigenvalue weighted by atomic mass is 10.3. The van der Waals surface area contributed by atoms with Gasteiger partial charge >= 0.3 is 5.69 Å². The molecule has 0 fully saturated rings. The number of amides is 1. The number of nitrogens with one attached hydrogen (secondary N) is 2. The summed E-state index contributed by atoms with van der Waals surface area (Å²) in [6.07, 6.45) is 1.42. The standard InChI is InChI=1S/C11H16N4O4/c1-8(11(16)13-6-7-19-2)14-10-9(15(17)18)4-3-5-12-10/h3-5,8H,6-7H2,1-2H3,(H,12,14)(H,13,16). The highest BCUT2D eigenvalue weighted by Crippen LogP contribution is 2.20. The number of carbonyl (C=O) groups is 1. The van der Waals surface area contributed by atoms with E-state index >= 15 is 0 Å². The molecule has 104 valence electrons. The van der Waals surface area contributed by atoms with Crippen LogP contribution in [0.15, 0.2) is 18.3 Å². The van der Waals surface area contributed by atoms with Crippen LogP contribution in [0.5, 0.6) is 0 Å². The second-order valence-electron chi connectivity index (χ2n) is 3.78. The fourth-order valence-electron chi connectivity index (χ4n) is 1.36. The molecule has 0 aliphatic rings. The summed E-state index contributed by atoms with van der Waals surface area (Å²) in [5.74, 6) is -0.209. The molecular formula is C11H16N4O4. The van der Waals surface area contributed by atoms with Crippen molar-refractivity contribution in [2.75, 3.05) is 25.6 Å². The summed E-state index contributed by atoms with van der Waals surface area (Å²) in [6.45, 7) is 2.38. The molecule has 0 aromatic carbocycles. The van der Waals surface area contributed by atoms with E-state index in [-0.39, 0.29) is 17.4 Å². The number of nitrogens with zero attached hydrogens (tertiary/aromatic N) is 2. The van der Waals surface area contributed by atoms with Gasteiger partial charge in [-0.05, 0) is 13.0 Å². The van der Waals surface area contributed by atoms with Crippen LogP contribution in [0.2, 0.25) is 0 Å². The topological polar surface area (TPSA) is 106 Å². The third kappa shape index (κ3) is 4.51. The number of carbonyl (C=O) groups excluding carboxylic acids is 1. The van der Waals surface area contributed by atoms with Crippen molar-refractivity contribution in [3.05, 3.63) is 28.4 Å². The van der Waals surface area contributed by atoms with Gasteiger partial charge in [0.2, 0.25) is 11.7 Å². The number of anilines is 1. The molecule has 0 saturated heterocycles. The van der Waals surface area contributed by atoms with Crippen LogP contribution in [0.4, 0.5) is 11.5 Å². The fourth-order valence-corrected chi connectivity index (χ4v) is 1.36. The van der Waals surface area contributed by atoms with E-state index in [2.05, 4.69) is 15.6 Å². The maximum absolute atomic E-state index is 11.7. The summed E-state index contributed by atoms with van der Waals surface area (Å²) in [5.41, 5.74) is -0.168. The molecule has 1 atom stereocenters. The van der Waals surface area contributed by atoms with Crippen molar-refractivity contribution < 1.29 is 14.5 Å². The molecule has 0 saturated carbocycles. The average Bonchev–Trinajstić information content (AvgIpc) is 2.39. The number of hydrogen-bond acceptors (Lipinski definition) is 6. The first-order valence-electron chi connectivity index (χ1n) is 5.69. The van der Waals surface area contributed by atoms with Gasteiger partial charge in [0.15, 0.2) is 0 Å². The van der Waals surface area contributed by atoms with E-state index in [1.165, 1.54) is 25.4 Å². The van der Waals surface area contributed by atoms with Gasteiger partial charge in [0.05, 0.1) is 11.5 Å². The third-order valence-electron chi connectivity index (χ3n) is 2.34. The predicted molar refractivity (Wildman–Crippen MR) is 68.9 cm³/mol. The molecule has 0 radical (unpaired) electrons. The second-order valence-corrected chi connectivity index (χ2v) is 3.78. The van der Waals surface area contributed by atoms with E-state index in [4.69, 9.17) is 4.74 Å². The van der Waals surface area contributed by atoms with E-state index in [0.29, 0.717) is 13.2 Å². The summed E-state index contributed by atoms with van der Waals surface area (Å²) in [4.78, 5) is 25.8. The second kappa shape index (κ2) is 7.27. The van der Waals surface area contributed by atoms with Crippen molar-refractivity contribution >= 4 is 17.4 Å². The number of pyridine rings is 1. The van der Waals surface area contributed by atoms with Gasteiger partial charge in [0.1, 0.15) is 6.04 Å². The Bertz CT molecular complexity index is 452. The van der Waals surface area contributed by atoms with E-state index in [1.807, 2.05) is 0 Å². The molecule has 0 bridgehead atoms. The molecule has 0 spiro atoms. The highest BCUT2D eigenvalue weighted by atomic mass is 16.6. The van der Waals surface area contributed by atoms with E-state index in [0.717, 1.165) is 0 Å². The zero-order valence-corrected chi connectivity index (χ0v) is 10.8. The third-order valence-corrected chi connectivity index (χ3v) is 2.34. The molecule has 1 unspecified atom stereocenters. The van der Waals surface area contributed by atoms with Gasteiger partial charge in [0.25, 0.3) is 0 Å². The van der Waals surface area contributed by atoms with Crippen molar-refractivity contribution in [3.8, 4) is 0 Å². The Hall–Kier alpha value is -2.22. The quantitative estimate of drug-likeness (QED) is 0.425. The minimum atomic E-state index is -0.634. The number of aromatic nitrogens is 1. The van der Waals surface area contributed by atoms with Crippen LogP contribution < -0.4 is 10.6 Å². The minimum Gasteiger partial charge on any atom is -0.383 e. The molecule has 2 N–H and O–H groups in total. The lowest BCUT2D eigenvalue weighted by molar-refractivity contribution is -0.384. The Morgan fingerprint density at radius 3 is 3.00 bits per heavy atom. The number of nitro groups is 1. The lowest BCUT2D eigenvalue weighted by Crippen LogP contribution is -2.39. The van der Waals surface area contributed by atoms with Crippen LogP contribution in [-0.4, -0.2) is 42.1 Å². The molecule has 0 aliphatic heterocycles. The molecule has 1 aromatic heterocycles. The molecule has 0 aliphatic carbocycles. The van der Waals surface area contributed by atoms with Crippen LogP contribution in [0.3, 0.4) is 0 Å². The van der Waals surface area contributed by atoms with Gasteiger partial charge in [-0.15, -0.1) is 0 Å². The predicted octanol–water partition coefficient (Wildman–Crippen LogP) is 0.553. The summed E-state index contributed by atoms with van der Waals surface area (Å²) < 4.78 is 4.80. The van der Waals surface area contributed by atoms with Crippen molar-refractivity contribution in [3.63, 3.8) is 0 Å². The van der Waals surface area contributed by atoms with Gasteiger partial charge in [-0.2, -0.15) is 0 Å². The largest absolute Gasteiger partial charge is 0.383 e. The highest BCUT2D eigenvalue weighted by Gasteiger charge is 2.19. The average molecular weight is 268 g/mol. The van der Waals surface area contributed by atoms with Crippen LogP contribution in [0.1, 0.15) is 6.92 Å². The number of rotatable bonds is 7. The lowest BCUT2D eigenvalue weighted by Gasteiger charge is -2.14. The first-order chi connectivity index (χ1) is 9.06. The van der Waals surface area contributed by atoms with Crippen molar-refractivity contribution in [1.82, 2.24) is 10.3 Å². The van der Waals surface area contributed by atoms with Crippen LogP contribution in [-0.2, 0) is 9.53 Å².